The van der Waals surface area contributed by atoms with Gasteiger partial charge in [-0.2, -0.15) is 4.31 Å². The molecule has 1 heterocycles. The predicted octanol–water partition coefficient (Wildman–Crippen LogP) is 2.16. The summed E-state index contributed by atoms with van der Waals surface area (Å²) in [5.41, 5.74) is 0. The van der Waals surface area contributed by atoms with E-state index in [0.29, 0.717) is 37.0 Å². The van der Waals surface area contributed by atoms with E-state index >= 15 is 0 Å². The van der Waals surface area contributed by atoms with Crippen LogP contribution in [0.4, 0.5) is 0 Å². The van der Waals surface area contributed by atoms with Crippen LogP contribution in [-0.4, -0.2) is 61.6 Å². The van der Waals surface area contributed by atoms with Gasteiger partial charge in [-0.05, 0) is 17.4 Å². The van der Waals surface area contributed by atoms with Crippen LogP contribution in [0, 0.1) is 5.92 Å². The minimum absolute atomic E-state index is 0.0856. The SMILES string of the molecule is CC(C)C(CO)N1CCN(S(=O)(=O)c2cccc3ccccc23)CC1. The summed E-state index contributed by atoms with van der Waals surface area (Å²) < 4.78 is 27.8. The monoisotopic (exact) mass is 362 g/mol. The van der Waals surface area contributed by atoms with Crippen molar-refractivity contribution in [2.24, 2.45) is 5.92 Å². The van der Waals surface area contributed by atoms with Gasteiger partial charge in [-0.25, -0.2) is 8.42 Å². The molecule has 5 nitrogen and oxygen atoms in total. The maximum Gasteiger partial charge on any atom is 0.243 e. The van der Waals surface area contributed by atoms with E-state index in [2.05, 4.69) is 18.7 Å². The second kappa shape index (κ2) is 7.41. The molecule has 0 bridgehead atoms. The molecule has 0 aliphatic carbocycles. The molecule has 1 fully saturated rings. The van der Waals surface area contributed by atoms with Crippen LogP contribution in [0.2, 0.25) is 0 Å². The zero-order valence-corrected chi connectivity index (χ0v) is 15.6. The van der Waals surface area contributed by atoms with Crippen LogP contribution < -0.4 is 0 Å². The molecule has 1 N–H and O–H groups in total. The highest BCUT2D eigenvalue weighted by Gasteiger charge is 2.32. The van der Waals surface area contributed by atoms with E-state index in [1.165, 1.54) is 0 Å². The highest BCUT2D eigenvalue weighted by Crippen LogP contribution is 2.26. The van der Waals surface area contributed by atoms with Crippen LogP contribution in [0.5, 0.6) is 0 Å². The zero-order chi connectivity index (χ0) is 18.0. The summed E-state index contributed by atoms with van der Waals surface area (Å²) in [6.07, 6.45) is 0. The quantitative estimate of drug-likeness (QED) is 0.885. The van der Waals surface area contributed by atoms with Crippen molar-refractivity contribution in [1.29, 1.82) is 0 Å². The molecule has 6 heteroatoms. The minimum Gasteiger partial charge on any atom is -0.395 e. The van der Waals surface area contributed by atoms with Crippen molar-refractivity contribution < 1.29 is 13.5 Å². The molecule has 0 amide bonds. The van der Waals surface area contributed by atoms with Crippen molar-refractivity contribution in [3.63, 3.8) is 0 Å². The van der Waals surface area contributed by atoms with E-state index in [1.54, 1.807) is 16.4 Å². The Bertz CT molecular complexity index is 822. The third-order valence-electron chi connectivity index (χ3n) is 5.07. The van der Waals surface area contributed by atoms with Gasteiger partial charge in [0.05, 0.1) is 11.5 Å². The molecule has 0 aromatic heterocycles. The summed E-state index contributed by atoms with van der Waals surface area (Å²) >= 11 is 0. The average molecular weight is 362 g/mol. The standard InChI is InChI=1S/C19H26N2O3S/c1-15(2)18(14-22)20-10-12-21(13-11-20)25(23,24)19-9-5-7-16-6-3-4-8-17(16)19/h3-9,15,18,22H,10-14H2,1-2H3. The lowest BCUT2D eigenvalue weighted by Crippen LogP contribution is -2.54. The lowest BCUT2D eigenvalue weighted by atomic mass is 10.0. The predicted molar refractivity (Wildman–Crippen MR) is 100.0 cm³/mol. The number of hydrogen-bond acceptors (Lipinski definition) is 4. The molecule has 1 aliphatic rings. The maximum absolute atomic E-state index is 13.1. The van der Waals surface area contributed by atoms with Gasteiger partial charge in [0.25, 0.3) is 0 Å². The third-order valence-corrected chi connectivity index (χ3v) is 7.02. The topological polar surface area (TPSA) is 60.9 Å². The Labute approximate surface area is 149 Å². The van der Waals surface area contributed by atoms with Gasteiger partial charge in [-0.1, -0.05) is 50.2 Å². The van der Waals surface area contributed by atoms with E-state index in [-0.39, 0.29) is 12.6 Å². The van der Waals surface area contributed by atoms with E-state index in [9.17, 15) is 13.5 Å². The zero-order valence-electron chi connectivity index (χ0n) is 14.8. The number of aliphatic hydroxyl groups excluding tert-OH is 1. The Kier molecular flexibility index (Phi) is 5.43. The van der Waals surface area contributed by atoms with Crippen LogP contribution >= 0.6 is 0 Å². The highest BCUT2D eigenvalue weighted by molar-refractivity contribution is 7.89. The van der Waals surface area contributed by atoms with Gasteiger partial charge in [0.2, 0.25) is 10.0 Å². The number of rotatable bonds is 5. The Balaban J connectivity index is 1.83. The molecule has 0 saturated carbocycles. The number of aliphatic hydroxyl groups is 1. The van der Waals surface area contributed by atoms with Gasteiger partial charge >= 0.3 is 0 Å². The lowest BCUT2D eigenvalue weighted by Gasteiger charge is -2.39. The first kappa shape index (κ1) is 18.3. The number of fused-ring (bicyclic) bond motifs is 1. The van der Waals surface area contributed by atoms with Crippen molar-refractivity contribution in [3.8, 4) is 0 Å². The first-order valence-electron chi connectivity index (χ1n) is 8.78. The van der Waals surface area contributed by atoms with Crippen molar-refractivity contribution in [2.75, 3.05) is 32.8 Å². The maximum atomic E-state index is 13.1. The smallest absolute Gasteiger partial charge is 0.243 e. The van der Waals surface area contributed by atoms with Crippen molar-refractivity contribution in [2.45, 2.75) is 24.8 Å². The molecule has 2 aromatic carbocycles. The number of hydrogen-bond donors (Lipinski definition) is 1. The Morgan fingerprint density at radius 3 is 2.28 bits per heavy atom. The fraction of sp³-hybridized carbons (Fsp3) is 0.474. The molecule has 136 valence electrons. The lowest BCUT2D eigenvalue weighted by molar-refractivity contribution is 0.0644. The molecule has 25 heavy (non-hydrogen) atoms. The van der Waals surface area contributed by atoms with Gasteiger partial charge in [0.15, 0.2) is 0 Å². The van der Waals surface area contributed by atoms with E-state index in [0.717, 1.165) is 10.8 Å². The second-order valence-electron chi connectivity index (χ2n) is 6.91. The molecule has 3 rings (SSSR count). The molecule has 2 aromatic rings. The van der Waals surface area contributed by atoms with E-state index in [1.807, 2.05) is 30.3 Å². The van der Waals surface area contributed by atoms with Crippen molar-refractivity contribution in [3.05, 3.63) is 42.5 Å². The number of sulfonamides is 1. The van der Waals surface area contributed by atoms with Gasteiger partial charge in [0.1, 0.15) is 0 Å². The van der Waals surface area contributed by atoms with Crippen molar-refractivity contribution >= 4 is 20.8 Å². The second-order valence-corrected chi connectivity index (χ2v) is 8.82. The molecule has 1 aliphatic heterocycles. The number of piperazine rings is 1. The molecule has 0 radical (unpaired) electrons. The fourth-order valence-electron chi connectivity index (χ4n) is 3.58. The summed E-state index contributed by atoms with van der Waals surface area (Å²) in [6, 6.07) is 13.1. The van der Waals surface area contributed by atoms with Crippen LogP contribution in [0.3, 0.4) is 0 Å². The summed E-state index contributed by atoms with van der Waals surface area (Å²) in [7, 11) is -3.52. The average Bonchev–Trinajstić information content (AvgIpc) is 2.62. The minimum atomic E-state index is -3.52. The summed E-state index contributed by atoms with van der Waals surface area (Å²) in [4.78, 5) is 2.57. The first-order valence-corrected chi connectivity index (χ1v) is 10.2. The molecule has 0 spiro atoms. The third kappa shape index (κ3) is 3.58. The van der Waals surface area contributed by atoms with Gasteiger partial charge in [-0.15, -0.1) is 0 Å². The van der Waals surface area contributed by atoms with Crippen LogP contribution in [0.1, 0.15) is 13.8 Å². The molecule has 1 atom stereocenters. The molecular formula is C19H26N2O3S. The van der Waals surface area contributed by atoms with Gasteiger partial charge < -0.3 is 5.11 Å². The summed E-state index contributed by atoms with van der Waals surface area (Å²) in [5.74, 6) is 0.339. The molecule has 1 unspecified atom stereocenters. The summed E-state index contributed by atoms with van der Waals surface area (Å²) in [5, 5.41) is 11.3. The van der Waals surface area contributed by atoms with E-state index < -0.39 is 10.0 Å². The Hall–Kier alpha value is -1.47. The van der Waals surface area contributed by atoms with Crippen molar-refractivity contribution in [1.82, 2.24) is 9.21 Å². The van der Waals surface area contributed by atoms with Gasteiger partial charge in [-0.3, -0.25) is 4.90 Å². The molecular weight excluding hydrogens is 336 g/mol. The summed E-state index contributed by atoms with van der Waals surface area (Å²) in [6.45, 7) is 6.47. The highest BCUT2D eigenvalue weighted by atomic mass is 32.2. The molecule has 1 saturated heterocycles. The number of benzene rings is 2. The number of nitrogens with zero attached hydrogens (tertiary/aromatic N) is 2. The van der Waals surface area contributed by atoms with E-state index in [4.69, 9.17) is 0 Å². The van der Waals surface area contributed by atoms with Crippen LogP contribution in [-0.2, 0) is 10.0 Å². The van der Waals surface area contributed by atoms with Crippen LogP contribution in [0.15, 0.2) is 47.4 Å². The normalized spacial score (nSPS) is 18.7. The van der Waals surface area contributed by atoms with Gasteiger partial charge in [0, 0.05) is 37.6 Å². The largest absolute Gasteiger partial charge is 0.395 e. The van der Waals surface area contributed by atoms with Crippen LogP contribution in [0.25, 0.3) is 10.8 Å². The Morgan fingerprint density at radius 2 is 1.64 bits per heavy atom. The first-order chi connectivity index (χ1) is 11.9. The fourth-order valence-corrected chi connectivity index (χ4v) is 5.22. The Morgan fingerprint density at radius 1 is 1.00 bits per heavy atom.